The maximum absolute atomic E-state index is 5.58. The van der Waals surface area contributed by atoms with E-state index in [4.69, 9.17) is 5.73 Å². The number of thiophene rings is 1. The molecule has 0 saturated carbocycles. The number of hydrogen-bond acceptors (Lipinski definition) is 4. The van der Waals surface area contributed by atoms with Crippen molar-refractivity contribution in [3.63, 3.8) is 0 Å². The normalized spacial score (nSPS) is 10.8. The summed E-state index contributed by atoms with van der Waals surface area (Å²) in [5, 5.41) is 3.45. The topological polar surface area (TPSA) is 50.9 Å². The lowest BCUT2D eigenvalue weighted by Crippen LogP contribution is -2.12. The minimum atomic E-state index is 0.497. The molecule has 2 aromatic rings. The molecule has 2 aromatic heterocycles. The number of aryl methyl sites for hydroxylation is 2. The molecule has 0 atom stereocenters. The first kappa shape index (κ1) is 13.2. The number of nitrogens with two attached hydrogens (primary N) is 1. The van der Waals surface area contributed by atoms with Crippen LogP contribution in [0.2, 0.25) is 0 Å². The van der Waals surface area contributed by atoms with Crippen LogP contribution >= 0.6 is 11.3 Å². The zero-order valence-corrected chi connectivity index (χ0v) is 11.7. The Labute approximate surface area is 112 Å². The van der Waals surface area contributed by atoms with Gasteiger partial charge in [0.15, 0.2) is 0 Å². The maximum Gasteiger partial charge on any atom is 0.0542 e. The second-order valence-electron chi connectivity index (χ2n) is 4.42. The number of aromatic nitrogens is 1. The lowest BCUT2D eigenvalue weighted by molar-refractivity contribution is 0.698. The zero-order valence-electron chi connectivity index (χ0n) is 10.9. The third kappa shape index (κ3) is 3.38. The standard InChI is InChI=1S/C14H19N3S/c1-10-5-14(18-11(10)2)9-16-8-12-3-4-17-13(6-12)7-15/h3-6,16H,7-9,15H2,1-2H3. The molecule has 2 heterocycles. The van der Waals surface area contributed by atoms with E-state index < -0.39 is 0 Å². The summed E-state index contributed by atoms with van der Waals surface area (Å²) < 4.78 is 0. The molecule has 0 aromatic carbocycles. The van der Waals surface area contributed by atoms with Gasteiger partial charge in [-0.2, -0.15) is 0 Å². The molecule has 0 unspecified atom stereocenters. The van der Waals surface area contributed by atoms with Crippen molar-refractivity contribution in [2.75, 3.05) is 0 Å². The van der Waals surface area contributed by atoms with Gasteiger partial charge < -0.3 is 11.1 Å². The molecule has 0 aliphatic carbocycles. The van der Waals surface area contributed by atoms with E-state index in [9.17, 15) is 0 Å². The van der Waals surface area contributed by atoms with E-state index in [-0.39, 0.29) is 0 Å². The minimum Gasteiger partial charge on any atom is -0.325 e. The highest BCUT2D eigenvalue weighted by molar-refractivity contribution is 7.12. The fourth-order valence-corrected chi connectivity index (χ4v) is 2.84. The second-order valence-corrected chi connectivity index (χ2v) is 5.76. The van der Waals surface area contributed by atoms with Gasteiger partial charge in [-0.05, 0) is 43.2 Å². The van der Waals surface area contributed by atoms with Crippen LogP contribution in [0.4, 0.5) is 0 Å². The lowest BCUT2D eigenvalue weighted by atomic mass is 10.2. The Hall–Kier alpha value is -1.23. The smallest absolute Gasteiger partial charge is 0.0542 e. The van der Waals surface area contributed by atoms with E-state index in [1.165, 1.54) is 20.9 Å². The van der Waals surface area contributed by atoms with Crippen molar-refractivity contribution in [2.45, 2.75) is 33.5 Å². The fraction of sp³-hybridized carbons (Fsp3) is 0.357. The molecule has 0 aliphatic heterocycles. The summed E-state index contributed by atoms with van der Waals surface area (Å²) in [6.07, 6.45) is 1.82. The second kappa shape index (κ2) is 6.09. The monoisotopic (exact) mass is 261 g/mol. The number of nitrogens with one attached hydrogen (secondary N) is 1. The summed E-state index contributed by atoms with van der Waals surface area (Å²) in [6.45, 7) is 6.59. The van der Waals surface area contributed by atoms with E-state index in [0.717, 1.165) is 18.8 Å². The van der Waals surface area contributed by atoms with Crippen molar-refractivity contribution in [3.8, 4) is 0 Å². The van der Waals surface area contributed by atoms with Gasteiger partial charge in [-0.1, -0.05) is 0 Å². The Balaban J connectivity index is 1.88. The lowest BCUT2D eigenvalue weighted by Gasteiger charge is -2.04. The van der Waals surface area contributed by atoms with Crippen molar-refractivity contribution in [2.24, 2.45) is 5.73 Å². The van der Waals surface area contributed by atoms with E-state index >= 15 is 0 Å². The van der Waals surface area contributed by atoms with Gasteiger partial charge in [-0.3, -0.25) is 4.98 Å². The maximum atomic E-state index is 5.58. The van der Waals surface area contributed by atoms with Gasteiger partial charge in [0.2, 0.25) is 0 Å². The SMILES string of the molecule is Cc1cc(CNCc2ccnc(CN)c2)sc1C. The van der Waals surface area contributed by atoms with Crippen LogP contribution in [-0.2, 0) is 19.6 Å². The molecule has 0 saturated heterocycles. The van der Waals surface area contributed by atoms with Crippen LogP contribution in [0.15, 0.2) is 24.4 Å². The number of nitrogens with zero attached hydrogens (tertiary/aromatic N) is 1. The van der Waals surface area contributed by atoms with E-state index in [2.05, 4.69) is 36.3 Å². The molecule has 3 N–H and O–H groups in total. The Morgan fingerprint density at radius 3 is 2.78 bits per heavy atom. The Morgan fingerprint density at radius 1 is 1.28 bits per heavy atom. The number of rotatable bonds is 5. The molecule has 0 aliphatic rings. The first-order valence-corrected chi connectivity index (χ1v) is 6.91. The summed E-state index contributed by atoms with van der Waals surface area (Å²) in [5.74, 6) is 0. The van der Waals surface area contributed by atoms with E-state index in [1.807, 2.05) is 23.6 Å². The van der Waals surface area contributed by atoms with Crippen LogP contribution in [0.5, 0.6) is 0 Å². The molecule has 96 valence electrons. The minimum absolute atomic E-state index is 0.497. The molecule has 0 radical (unpaired) electrons. The van der Waals surface area contributed by atoms with Crippen molar-refractivity contribution < 1.29 is 0 Å². The van der Waals surface area contributed by atoms with Gasteiger partial charge in [-0.25, -0.2) is 0 Å². The molecule has 0 amide bonds. The molecule has 3 nitrogen and oxygen atoms in total. The summed E-state index contributed by atoms with van der Waals surface area (Å²) in [6, 6.07) is 6.33. The molecule has 2 rings (SSSR count). The van der Waals surface area contributed by atoms with Crippen molar-refractivity contribution in [1.82, 2.24) is 10.3 Å². The highest BCUT2D eigenvalue weighted by Gasteiger charge is 2.01. The molecular formula is C14H19N3S. The summed E-state index contributed by atoms with van der Waals surface area (Å²) >= 11 is 1.86. The van der Waals surface area contributed by atoms with Gasteiger partial charge >= 0.3 is 0 Å². The highest BCUT2D eigenvalue weighted by Crippen LogP contribution is 2.20. The number of hydrogen-bond donors (Lipinski definition) is 2. The molecule has 0 spiro atoms. The molecule has 18 heavy (non-hydrogen) atoms. The fourth-order valence-electron chi connectivity index (χ4n) is 1.82. The average Bonchev–Trinajstić information content (AvgIpc) is 2.69. The summed E-state index contributed by atoms with van der Waals surface area (Å²) in [5.41, 5.74) is 9.13. The van der Waals surface area contributed by atoms with Crippen LogP contribution in [0.25, 0.3) is 0 Å². The zero-order chi connectivity index (χ0) is 13.0. The predicted octanol–water partition coefficient (Wildman–Crippen LogP) is 2.51. The third-order valence-corrected chi connectivity index (χ3v) is 4.09. The summed E-state index contributed by atoms with van der Waals surface area (Å²) in [7, 11) is 0. The molecular weight excluding hydrogens is 242 g/mol. The first-order valence-electron chi connectivity index (χ1n) is 6.09. The van der Waals surface area contributed by atoms with Crippen LogP contribution in [0.1, 0.15) is 26.6 Å². The van der Waals surface area contributed by atoms with Gasteiger partial charge in [0.25, 0.3) is 0 Å². The van der Waals surface area contributed by atoms with Gasteiger partial charge in [0.05, 0.1) is 5.69 Å². The Bertz CT molecular complexity index is 500. The molecule has 0 bridgehead atoms. The van der Waals surface area contributed by atoms with Gasteiger partial charge in [0.1, 0.15) is 0 Å². The van der Waals surface area contributed by atoms with Gasteiger partial charge in [0, 0.05) is 35.6 Å². The van der Waals surface area contributed by atoms with Gasteiger partial charge in [-0.15, -0.1) is 11.3 Å². The Morgan fingerprint density at radius 2 is 2.11 bits per heavy atom. The average molecular weight is 261 g/mol. The first-order chi connectivity index (χ1) is 8.69. The third-order valence-electron chi connectivity index (χ3n) is 2.94. The highest BCUT2D eigenvalue weighted by atomic mass is 32.1. The van der Waals surface area contributed by atoms with Crippen molar-refractivity contribution in [1.29, 1.82) is 0 Å². The van der Waals surface area contributed by atoms with Crippen LogP contribution in [0, 0.1) is 13.8 Å². The number of pyridine rings is 1. The largest absolute Gasteiger partial charge is 0.325 e. The molecule has 0 fully saturated rings. The van der Waals surface area contributed by atoms with E-state index in [1.54, 1.807) is 0 Å². The van der Waals surface area contributed by atoms with Crippen molar-refractivity contribution >= 4 is 11.3 Å². The van der Waals surface area contributed by atoms with E-state index in [0.29, 0.717) is 6.54 Å². The Kier molecular flexibility index (Phi) is 4.47. The van der Waals surface area contributed by atoms with Crippen LogP contribution in [0.3, 0.4) is 0 Å². The quantitative estimate of drug-likeness (QED) is 0.869. The molecule has 4 heteroatoms. The van der Waals surface area contributed by atoms with Crippen molar-refractivity contribution in [3.05, 3.63) is 51.0 Å². The predicted molar refractivity (Wildman–Crippen MR) is 76.5 cm³/mol. The van der Waals surface area contributed by atoms with Crippen LogP contribution < -0.4 is 11.1 Å². The summed E-state index contributed by atoms with van der Waals surface area (Å²) in [4.78, 5) is 6.98. The van der Waals surface area contributed by atoms with Crippen LogP contribution in [-0.4, -0.2) is 4.98 Å².